The van der Waals surface area contributed by atoms with Crippen molar-refractivity contribution in [3.63, 3.8) is 0 Å². The minimum Gasteiger partial charge on any atom is -0.370 e. The van der Waals surface area contributed by atoms with Crippen molar-refractivity contribution >= 4 is 33.0 Å². The van der Waals surface area contributed by atoms with Crippen LogP contribution in [0.25, 0.3) is 11.0 Å². The monoisotopic (exact) mass is 433 g/mol. The standard InChI is InChI=1S/C17H23N9O3S/c1-30(28,29)25-5-2-13(3-6-25)23-17-22-10-12-8-11(9-18)15(27)26(14(12)24-17)7-4-21-16(19)20/h8,10,13H,2-7H2,1H3,(H4,19,20,21)(H,22,23,24). The number of piperidine rings is 1. The van der Waals surface area contributed by atoms with Gasteiger partial charge < -0.3 is 16.8 Å². The van der Waals surface area contributed by atoms with E-state index >= 15 is 0 Å². The minimum absolute atomic E-state index is 0.000595. The lowest BCUT2D eigenvalue weighted by molar-refractivity contribution is 0.331. The van der Waals surface area contributed by atoms with Crippen LogP contribution in [0.5, 0.6) is 0 Å². The van der Waals surface area contributed by atoms with Crippen LogP contribution < -0.4 is 22.3 Å². The van der Waals surface area contributed by atoms with Gasteiger partial charge in [-0.05, 0) is 18.9 Å². The molecule has 1 fully saturated rings. The van der Waals surface area contributed by atoms with Crippen LogP contribution in [-0.4, -0.2) is 65.1 Å². The van der Waals surface area contributed by atoms with Crippen LogP contribution in [0.2, 0.25) is 0 Å². The summed E-state index contributed by atoms with van der Waals surface area (Å²) in [6, 6.07) is 3.33. The Kier molecular flexibility index (Phi) is 6.18. The average molecular weight is 433 g/mol. The Morgan fingerprint density at radius 1 is 1.40 bits per heavy atom. The fourth-order valence-corrected chi connectivity index (χ4v) is 4.18. The van der Waals surface area contributed by atoms with E-state index in [1.54, 1.807) is 0 Å². The number of nitrogens with two attached hydrogens (primary N) is 2. The summed E-state index contributed by atoms with van der Waals surface area (Å²) in [5, 5.41) is 13.0. The average Bonchev–Trinajstić information content (AvgIpc) is 2.69. The van der Waals surface area contributed by atoms with Crippen molar-refractivity contribution in [2.24, 2.45) is 16.5 Å². The Hall–Kier alpha value is -3.24. The molecule has 1 aliphatic rings. The molecule has 0 saturated carbocycles. The lowest BCUT2D eigenvalue weighted by Gasteiger charge is -2.30. The van der Waals surface area contributed by atoms with Crippen LogP contribution >= 0.6 is 0 Å². The Labute approximate surface area is 173 Å². The van der Waals surface area contributed by atoms with Crippen LogP contribution in [0.15, 0.2) is 22.1 Å². The van der Waals surface area contributed by atoms with E-state index in [0.29, 0.717) is 42.9 Å². The van der Waals surface area contributed by atoms with Gasteiger partial charge in [0.1, 0.15) is 17.3 Å². The second-order valence-corrected chi connectivity index (χ2v) is 8.97. The molecule has 13 heteroatoms. The second kappa shape index (κ2) is 8.64. The number of nitrogens with one attached hydrogen (secondary N) is 1. The van der Waals surface area contributed by atoms with E-state index in [4.69, 9.17) is 11.5 Å². The van der Waals surface area contributed by atoms with Gasteiger partial charge in [0.05, 0.1) is 12.8 Å². The molecule has 0 amide bonds. The number of aliphatic imine (C=N–C) groups is 1. The third-order valence-corrected chi connectivity index (χ3v) is 6.12. The van der Waals surface area contributed by atoms with Gasteiger partial charge in [-0.25, -0.2) is 17.7 Å². The molecule has 30 heavy (non-hydrogen) atoms. The van der Waals surface area contributed by atoms with Gasteiger partial charge in [-0.3, -0.25) is 14.4 Å². The Bertz CT molecular complexity index is 1170. The van der Waals surface area contributed by atoms with Gasteiger partial charge in [0.25, 0.3) is 5.56 Å². The number of anilines is 1. The number of pyridine rings is 1. The SMILES string of the molecule is CS(=O)(=O)N1CCC(Nc2ncc3cc(C#N)c(=O)n(CCN=C(N)N)c3n2)CC1. The summed E-state index contributed by atoms with van der Waals surface area (Å²) in [5.41, 5.74) is 10.5. The fourth-order valence-electron chi connectivity index (χ4n) is 3.31. The number of rotatable bonds is 6. The normalized spacial score (nSPS) is 15.6. The number of hydrogen-bond donors (Lipinski definition) is 3. The summed E-state index contributed by atoms with van der Waals surface area (Å²) in [6.07, 6.45) is 3.95. The number of sulfonamides is 1. The first-order valence-corrected chi connectivity index (χ1v) is 11.1. The van der Waals surface area contributed by atoms with Crippen molar-refractivity contribution in [1.82, 2.24) is 18.8 Å². The van der Waals surface area contributed by atoms with E-state index in [9.17, 15) is 18.5 Å². The van der Waals surface area contributed by atoms with Gasteiger partial charge in [-0.1, -0.05) is 0 Å². The summed E-state index contributed by atoms with van der Waals surface area (Å²) < 4.78 is 26.1. The summed E-state index contributed by atoms with van der Waals surface area (Å²) >= 11 is 0. The Morgan fingerprint density at radius 3 is 2.70 bits per heavy atom. The van der Waals surface area contributed by atoms with E-state index in [-0.39, 0.29) is 30.7 Å². The molecule has 3 heterocycles. The minimum atomic E-state index is -3.20. The molecule has 1 aliphatic heterocycles. The first kappa shape index (κ1) is 21.5. The Morgan fingerprint density at radius 2 is 2.10 bits per heavy atom. The van der Waals surface area contributed by atoms with Crippen LogP contribution in [0, 0.1) is 11.3 Å². The zero-order valence-electron chi connectivity index (χ0n) is 16.4. The fraction of sp³-hybridized carbons (Fsp3) is 0.471. The molecule has 0 radical (unpaired) electrons. The second-order valence-electron chi connectivity index (χ2n) is 6.99. The topological polar surface area (TPSA) is 185 Å². The predicted octanol–water partition coefficient (Wildman–Crippen LogP) is -1.23. The molecule has 0 atom stereocenters. The molecule has 3 rings (SSSR count). The molecule has 0 bridgehead atoms. The largest absolute Gasteiger partial charge is 0.370 e. The van der Waals surface area contributed by atoms with Gasteiger partial charge >= 0.3 is 0 Å². The van der Waals surface area contributed by atoms with Crippen LogP contribution in [0.1, 0.15) is 18.4 Å². The quantitative estimate of drug-likeness (QED) is 0.370. The van der Waals surface area contributed by atoms with Crippen LogP contribution in [0.4, 0.5) is 5.95 Å². The molecule has 5 N–H and O–H groups in total. The number of nitriles is 1. The molecule has 0 spiro atoms. The zero-order valence-corrected chi connectivity index (χ0v) is 17.3. The summed E-state index contributed by atoms with van der Waals surface area (Å²) in [5.74, 6) is 0.223. The number of guanidine groups is 1. The van der Waals surface area contributed by atoms with Crippen molar-refractivity contribution in [3.8, 4) is 6.07 Å². The molecule has 0 unspecified atom stereocenters. The third kappa shape index (κ3) is 4.84. The highest BCUT2D eigenvalue weighted by atomic mass is 32.2. The van der Waals surface area contributed by atoms with Crippen molar-refractivity contribution in [2.75, 3.05) is 31.2 Å². The molecule has 2 aromatic heterocycles. The van der Waals surface area contributed by atoms with Crippen molar-refractivity contribution in [3.05, 3.63) is 28.2 Å². The lowest BCUT2D eigenvalue weighted by Crippen LogP contribution is -2.42. The molecule has 12 nitrogen and oxygen atoms in total. The third-order valence-electron chi connectivity index (χ3n) is 4.82. The highest BCUT2D eigenvalue weighted by Gasteiger charge is 2.25. The van der Waals surface area contributed by atoms with E-state index in [0.717, 1.165) is 0 Å². The highest BCUT2D eigenvalue weighted by molar-refractivity contribution is 7.88. The van der Waals surface area contributed by atoms with Gasteiger partial charge in [0, 0.05) is 37.3 Å². The molecular formula is C17H23N9O3S. The summed E-state index contributed by atoms with van der Waals surface area (Å²) in [4.78, 5) is 25.2. The molecule has 160 valence electrons. The Balaban J connectivity index is 1.87. The highest BCUT2D eigenvalue weighted by Crippen LogP contribution is 2.18. The van der Waals surface area contributed by atoms with Gasteiger partial charge in [0.15, 0.2) is 5.96 Å². The smallest absolute Gasteiger partial charge is 0.270 e. The zero-order chi connectivity index (χ0) is 21.9. The molecule has 0 aliphatic carbocycles. The molecule has 0 aromatic carbocycles. The number of hydrogen-bond acceptors (Lipinski definition) is 8. The molecular weight excluding hydrogens is 410 g/mol. The van der Waals surface area contributed by atoms with Gasteiger partial charge in [-0.2, -0.15) is 10.2 Å². The molecule has 2 aromatic rings. The maximum absolute atomic E-state index is 12.6. The number of aromatic nitrogens is 3. The number of fused-ring (bicyclic) bond motifs is 1. The van der Waals surface area contributed by atoms with Gasteiger partial charge in [0.2, 0.25) is 16.0 Å². The van der Waals surface area contributed by atoms with E-state index in [1.807, 2.05) is 6.07 Å². The van der Waals surface area contributed by atoms with Gasteiger partial charge in [-0.15, -0.1) is 0 Å². The summed E-state index contributed by atoms with van der Waals surface area (Å²) in [6.45, 7) is 1.13. The predicted molar refractivity (Wildman–Crippen MR) is 112 cm³/mol. The first-order chi connectivity index (χ1) is 14.2. The van der Waals surface area contributed by atoms with E-state index < -0.39 is 15.6 Å². The van der Waals surface area contributed by atoms with E-state index in [2.05, 4.69) is 20.3 Å². The van der Waals surface area contributed by atoms with Crippen molar-refractivity contribution < 1.29 is 8.42 Å². The van der Waals surface area contributed by atoms with Crippen molar-refractivity contribution in [1.29, 1.82) is 5.26 Å². The molecule has 1 saturated heterocycles. The van der Waals surface area contributed by atoms with Crippen molar-refractivity contribution in [2.45, 2.75) is 25.4 Å². The first-order valence-electron chi connectivity index (χ1n) is 9.27. The maximum atomic E-state index is 12.6. The number of nitrogens with zero attached hydrogens (tertiary/aromatic N) is 6. The summed E-state index contributed by atoms with van der Waals surface area (Å²) in [7, 11) is -3.20. The van der Waals surface area contributed by atoms with Crippen LogP contribution in [0.3, 0.4) is 0 Å². The van der Waals surface area contributed by atoms with Crippen LogP contribution in [-0.2, 0) is 16.6 Å². The maximum Gasteiger partial charge on any atom is 0.270 e. The van der Waals surface area contributed by atoms with E-state index in [1.165, 1.54) is 27.4 Å². The lowest BCUT2D eigenvalue weighted by atomic mass is 10.1.